The average molecular weight is 442 g/mol. The molecule has 0 saturated carbocycles. The zero-order valence-electron chi connectivity index (χ0n) is 19.3. The third kappa shape index (κ3) is 4.62. The largest absolute Gasteiger partial charge is 0.508 e. The van der Waals surface area contributed by atoms with Crippen LogP contribution in [0.1, 0.15) is 43.1 Å². The highest BCUT2D eigenvalue weighted by atomic mass is 16.5. The average Bonchev–Trinajstić information content (AvgIpc) is 3.25. The number of aromatic hydroxyl groups is 1. The van der Waals surface area contributed by atoms with Gasteiger partial charge in [0.15, 0.2) is 0 Å². The van der Waals surface area contributed by atoms with E-state index in [4.69, 9.17) is 9.47 Å². The molecule has 2 aliphatic heterocycles. The summed E-state index contributed by atoms with van der Waals surface area (Å²) >= 11 is 0. The Hall–Kier alpha value is -3.24. The van der Waals surface area contributed by atoms with Crippen molar-refractivity contribution in [2.75, 3.05) is 26.2 Å². The summed E-state index contributed by atoms with van der Waals surface area (Å²) in [6.45, 7) is 8.49. The summed E-state index contributed by atoms with van der Waals surface area (Å²) in [4.78, 5) is 2.48. The van der Waals surface area contributed by atoms with Gasteiger partial charge < -0.3 is 14.6 Å². The summed E-state index contributed by atoms with van der Waals surface area (Å²) in [6.07, 6.45) is 1.06. The maximum atomic E-state index is 9.78. The van der Waals surface area contributed by atoms with Crippen molar-refractivity contribution in [1.29, 1.82) is 0 Å². The van der Waals surface area contributed by atoms with E-state index < -0.39 is 0 Å². The first-order chi connectivity index (χ1) is 16.1. The summed E-state index contributed by atoms with van der Waals surface area (Å²) in [7, 11) is 0. The minimum Gasteiger partial charge on any atom is -0.508 e. The van der Waals surface area contributed by atoms with Crippen molar-refractivity contribution in [2.24, 2.45) is 5.92 Å². The van der Waals surface area contributed by atoms with E-state index in [2.05, 4.69) is 36.9 Å². The maximum absolute atomic E-state index is 9.78. The molecule has 2 atom stereocenters. The zero-order chi connectivity index (χ0) is 22.8. The molecule has 4 heteroatoms. The van der Waals surface area contributed by atoms with Gasteiger partial charge in [-0.25, -0.2) is 0 Å². The molecule has 33 heavy (non-hydrogen) atoms. The van der Waals surface area contributed by atoms with Gasteiger partial charge in [-0.3, -0.25) is 4.90 Å². The first-order valence-corrected chi connectivity index (χ1v) is 11.8. The predicted octanol–water partition coefficient (Wildman–Crippen LogP) is 6.18. The molecule has 0 unspecified atom stereocenters. The Balaban J connectivity index is 1.37. The van der Waals surface area contributed by atoms with Crippen LogP contribution < -0.4 is 9.47 Å². The van der Waals surface area contributed by atoms with Gasteiger partial charge in [0, 0.05) is 24.2 Å². The second kappa shape index (κ2) is 9.32. The number of benzene rings is 3. The Kier molecular flexibility index (Phi) is 6.10. The van der Waals surface area contributed by atoms with Gasteiger partial charge >= 0.3 is 0 Å². The van der Waals surface area contributed by atoms with Crippen LogP contribution in [-0.2, 0) is 0 Å². The Morgan fingerprint density at radius 1 is 1.00 bits per heavy atom. The van der Waals surface area contributed by atoms with Crippen LogP contribution in [0.15, 0.2) is 72.8 Å². The second-order valence-corrected chi connectivity index (χ2v) is 9.19. The molecule has 0 spiro atoms. The molecule has 0 radical (unpaired) electrons. The van der Waals surface area contributed by atoms with Crippen molar-refractivity contribution in [3.63, 3.8) is 0 Å². The molecule has 0 amide bonds. The van der Waals surface area contributed by atoms with Crippen LogP contribution in [0, 0.1) is 5.92 Å². The topological polar surface area (TPSA) is 41.9 Å². The molecule has 3 aromatic rings. The summed E-state index contributed by atoms with van der Waals surface area (Å²) in [5.41, 5.74) is 5.53. The molecule has 0 bridgehead atoms. The molecule has 1 saturated heterocycles. The predicted molar refractivity (Wildman–Crippen MR) is 133 cm³/mol. The summed E-state index contributed by atoms with van der Waals surface area (Å²) in [5.74, 6) is 2.83. The highest BCUT2D eigenvalue weighted by Crippen LogP contribution is 2.46. The van der Waals surface area contributed by atoms with E-state index in [0.29, 0.717) is 6.61 Å². The number of rotatable bonds is 6. The van der Waals surface area contributed by atoms with Gasteiger partial charge in [0.05, 0.1) is 0 Å². The maximum Gasteiger partial charge on any atom is 0.150 e. The first kappa shape index (κ1) is 21.6. The lowest BCUT2D eigenvalue weighted by Crippen LogP contribution is -2.25. The number of allylic oxidation sites excluding steroid dienone is 1. The second-order valence-electron chi connectivity index (χ2n) is 9.19. The number of hydrogen-bond donors (Lipinski definition) is 1. The van der Waals surface area contributed by atoms with Crippen molar-refractivity contribution in [2.45, 2.75) is 26.4 Å². The van der Waals surface area contributed by atoms with Crippen LogP contribution in [0.4, 0.5) is 0 Å². The van der Waals surface area contributed by atoms with Crippen molar-refractivity contribution >= 4 is 11.1 Å². The third-order valence-corrected chi connectivity index (χ3v) is 6.75. The molecule has 0 aromatic heterocycles. The fraction of sp³-hybridized carbons (Fsp3) is 0.310. The van der Waals surface area contributed by atoms with Crippen LogP contribution in [-0.4, -0.2) is 36.2 Å². The van der Waals surface area contributed by atoms with Gasteiger partial charge in [0.25, 0.3) is 0 Å². The van der Waals surface area contributed by atoms with E-state index in [0.717, 1.165) is 46.2 Å². The normalized spacial score (nSPS) is 20.4. The van der Waals surface area contributed by atoms with E-state index in [1.165, 1.54) is 25.1 Å². The lowest BCUT2D eigenvalue weighted by atomic mass is 9.86. The van der Waals surface area contributed by atoms with Crippen molar-refractivity contribution in [3.05, 3.63) is 89.5 Å². The quantitative estimate of drug-likeness (QED) is 0.496. The van der Waals surface area contributed by atoms with E-state index in [9.17, 15) is 5.11 Å². The van der Waals surface area contributed by atoms with E-state index in [-0.39, 0.29) is 11.9 Å². The lowest BCUT2D eigenvalue weighted by Gasteiger charge is -2.31. The van der Waals surface area contributed by atoms with Crippen molar-refractivity contribution in [1.82, 2.24) is 4.90 Å². The number of fused-ring (bicyclic) bond motifs is 1. The van der Waals surface area contributed by atoms with E-state index >= 15 is 0 Å². The Morgan fingerprint density at radius 2 is 1.76 bits per heavy atom. The number of phenolic OH excluding ortho intramolecular Hbond substituents is 1. The molecule has 2 heterocycles. The highest BCUT2D eigenvalue weighted by Gasteiger charge is 2.29. The summed E-state index contributed by atoms with van der Waals surface area (Å²) in [6, 6.07) is 23.8. The molecule has 4 nitrogen and oxygen atoms in total. The van der Waals surface area contributed by atoms with Gasteiger partial charge in [-0.15, -0.1) is 0 Å². The number of phenols is 1. The van der Waals surface area contributed by atoms with Crippen molar-refractivity contribution in [3.8, 4) is 17.2 Å². The van der Waals surface area contributed by atoms with E-state index in [1.807, 2.05) is 42.5 Å². The van der Waals surface area contributed by atoms with Gasteiger partial charge in [-0.1, -0.05) is 49.4 Å². The van der Waals surface area contributed by atoms with Gasteiger partial charge in [0.2, 0.25) is 0 Å². The molecule has 1 fully saturated rings. The minimum atomic E-state index is -0.232. The minimum absolute atomic E-state index is 0.232. The number of nitrogens with zero attached hydrogens (tertiary/aromatic N) is 1. The molecule has 2 aliphatic rings. The standard InChI is InChI=1S/C29H31NO3/c1-20-15-16-30(19-20)17-18-32-25-13-9-23(10-14-25)29-28(22-7-11-24(31)12-8-22)21(2)26-5-3-4-6-27(26)33-29/h3-14,20,29,31H,15-19H2,1-2H3/t20-,29-/m1/s1. The summed E-state index contributed by atoms with van der Waals surface area (Å²) in [5, 5.41) is 9.78. The molecular formula is C29H31NO3. The van der Waals surface area contributed by atoms with Gasteiger partial charge in [-0.05, 0) is 72.8 Å². The molecular weight excluding hydrogens is 410 g/mol. The third-order valence-electron chi connectivity index (χ3n) is 6.75. The van der Waals surface area contributed by atoms with Gasteiger partial charge in [-0.2, -0.15) is 0 Å². The summed E-state index contributed by atoms with van der Waals surface area (Å²) < 4.78 is 12.5. The molecule has 170 valence electrons. The Labute approximate surface area is 196 Å². The van der Waals surface area contributed by atoms with Crippen LogP contribution in [0.5, 0.6) is 17.2 Å². The molecule has 1 N–H and O–H groups in total. The lowest BCUT2D eigenvalue weighted by molar-refractivity contribution is 0.233. The molecule has 5 rings (SSSR count). The van der Waals surface area contributed by atoms with Crippen LogP contribution in [0.25, 0.3) is 11.1 Å². The van der Waals surface area contributed by atoms with Crippen LogP contribution in [0.3, 0.4) is 0 Å². The fourth-order valence-electron chi connectivity index (χ4n) is 4.91. The fourth-order valence-corrected chi connectivity index (χ4v) is 4.91. The first-order valence-electron chi connectivity index (χ1n) is 11.8. The van der Waals surface area contributed by atoms with E-state index in [1.54, 1.807) is 12.1 Å². The monoisotopic (exact) mass is 441 g/mol. The molecule has 0 aliphatic carbocycles. The number of ether oxygens (including phenoxy) is 2. The van der Waals surface area contributed by atoms with Crippen molar-refractivity contribution < 1.29 is 14.6 Å². The smallest absolute Gasteiger partial charge is 0.150 e. The Bertz CT molecular complexity index is 1130. The van der Waals surface area contributed by atoms with Crippen LogP contribution >= 0.6 is 0 Å². The Morgan fingerprint density at radius 3 is 2.48 bits per heavy atom. The number of hydrogen-bond acceptors (Lipinski definition) is 4. The van der Waals surface area contributed by atoms with Gasteiger partial charge in [0.1, 0.15) is 30.0 Å². The highest BCUT2D eigenvalue weighted by molar-refractivity contribution is 5.95. The number of likely N-dealkylation sites (tertiary alicyclic amines) is 1. The SMILES string of the molecule is CC1=C(c2ccc(O)cc2)[C@@H](c2ccc(OCCN3CC[C@@H](C)C3)cc2)Oc2ccccc21. The zero-order valence-corrected chi connectivity index (χ0v) is 19.3. The molecule has 3 aromatic carbocycles. The van der Waals surface area contributed by atoms with Crippen LogP contribution in [0.2, 0.25) is 0 Å². The number of para-hydroxylation sites is 1.